The van der Waals surface area contributed by atoms with Gasteiger partial charge in [0.25, 0.3) is 0 Å². The van der Waals surface area contributed by atoms with E-state index in [1.54, 1.807) is 0 Å². The molecule has 4 nitrogen and oxygen atoms in total. The number of carbonyl (C=O) groups excluding carboxylic acids is 1. The van der Waals surface area contributed by atoms with E-state index in [0.29, 0.717) is 5.02 Å². The van der Waals surface area contributed by atoms with E-state index < -0.39 is 6.09 Å². The molecule has 1 aromatic carbocycles. The van der Waals surface area contributed by atoms with E-state index in [1.807, 2.05) is 0 Å². The van der Waals surface area contributed by atoms with Crippen LogP contribution in [0.25, 0.3) is 0 Å². The Labute approximate surface area is 84.4 Å². The molecule has 1 rings (SSSR count). The maximum absolute atomic E-state index is 10.4. The van der Waals surface area contributed by atoms with Gasteiger partial charge in [-0.2, -0.15) is 0 Å². The van der Waals surface area contributed by atoms with Gasteiger partial charge in [0.15, 0.2) is 5.75 Å². The molecule has 70 valence electrons. The van der Waals surface area contributed by atoms with Crippen LogP contribution >= 0.6 is 23.2 Å². The van der Waals surface area contributed by atoms with Gasteiger partial charge in [-0.3, -0.25) is 0 Å². The number of amides is 1. The Bertz CT molecular complexity index is 355. The second-order valence-corrected chi connectivity index (χ2v) is 3.06. The van der Waals surface area contributed by atoms with Gasteiger partial charge in [0.1, 0.15) is 0 Å². The molecular formula is C7H6Cl2N2O2. The van der Waals surface area contributed by atoms with Crippen LogP contribution < -0.4 is 16.2 Å². The molecule has 0 radical (unpaired) electrons. The van der Waals surface area contributed by atoms with Gasteiger partial charge in [-0.15, -0.1) is 0 Å². The lowest BCUT2D eigenvalue weighted by molar-refractivity contribution is 0.211. The van der Waals surface area contributed by atoms with E-state index in [0.717, 1.165) is 0 Å². The third-order valence-electron chi connectivity index (χ3n) is 1.27. The summed E-state index contributed by atoms with van der Waals surface area (Å²) in [6.07, 6.45) is -0.968. The predicted octanol–water partition coefficient (Wildman–Crippen LogP) is 2.03. The molecule has 6 heteroatoms. The van der Waals surface area contributed by atoms with Crippen molar-refractivity contribution in [2.24, 2.45) is 5.73 Å². The second-order valence-electron chi connectivity index (χ2n) is 2.22. The molecule has 0 atom stereocenters. The fourth-order valence-corrected chi connectivity index (χ4v) is 1.23. The van der Waals surface area contributed by atoms with Crippen molar-refractivity contribution in [3.8, 4) is 5.75 Å². The number of carbonyl (C=O) groups is 1. The van der Waals surface area contributed by atoms with Gasteiger partial charge in [0.2, 0.25) is 0 Å². The van der Waals surface area contributed by atoms with Crippen molar-refractivity contribution in [1.82, 2.24) is 0 Å². The van der Waals surface area contributed by atoms with Crippen molar-refractivity contribution in [1.29, 1.82) is 0 Å². The minimum atomic E-state index is -0.968. The molecule has 1 aromatic rings. The standard InChI is InChI=1S/C7H6Cl2N2O2/c8-3-1-4(9)6(10)5(2-3)13-7(11)12/h1-2H,10H2,(H2,11,12). The van der Waals surface area contributed by atoms with Gasteiger partial charge in [-0.1, -0.05) is 23.2 Å². The molecule has 13 heavy (non-hydrogen) atoms. The highest BCUT2D eigenvalue weighted by Gasteiger charge is 2.08. The van der Waals surface area contributed by atoms with Crippen LogP contribution in [0.1, 0.15) is 0 Å². The van der Waals surface area contributed by atoms with Crippen molar-refractivity contribution in [3.05, 3.63) is 22.2 Å². The highest BCUT2D eigenvalue weighted by molar-refractivity contribution is 6.36. The van der Waals surface area contributed by atoms with Gasteiger partial charge in [-0.05, 0) is 6.07 Å². The SMILES string of the molecule is NC(=O)Oc1cc(Cl)cc(Cl)c1N. The number of primary amides is 1. The Morgan fingerprint density at radius 2 is 2.00 bits per heavy atom. The van der Waals surface area contributed by atoms with Crippen molar-refractivity contribution < 1.29 is 9.53 Å². The average Bonchev–Trinajstić information content (AvgIpc) is 1.98. The van der Waals surface area contributed by atoms with Crippen LogP contribution in [0, 0.1) is 0 Å². The Morgan fingerprint density at radius 1 is 1.38 bits per heavy atom. The first-order valence-electron chi connectivity index (χ1n) is 3.22. The summed E-state index contributed by atoms with van der Waals surface area (Å²) in [7, 11) is 0. The van der Waals surface area contributed by atoms with Gasteiger partial charge >= 0.3 is 6.09 Å². The second kappa shape index (κ2) is 3.72. The number of nitrogens with two attached hydrogens (primary N) is 2. The first-order chi connectivity index (χ1) is 6.00. The number of hydrogen-bond acceptors (Lipinski definition) is 3. The quantitative estimate of drug-likeness (QED) is 0.712. The number of anilines is 1. The summed E-state index contributed by atoms with van der Waals surface area (Å²) in [5, 5.41) is 0.527. The van der Waals surface area contributed by atoms with E-state index in [9.17, 15) is 4.79 Å². The molecule has 0 spiro atoms. The molecule has 0 saturated carbocycles. The maximum Gasteiger partial charge on any atom is 0.410 e. The number of halogens is 2. The first kappa shape index (κ1) is 9.95. The topological polar surface area (TPSA) is 78.3 Å². The summed E-state index contributed by atoms with van der Waals surface area (Å²) in [6, 6.07) is 2.79. The zero-order valence-electron chi connectivity index (χ0n) is 6.38. The van der Waals surface area contributed by atoms with Crippen LogP contribution in [0.3, 0.4) is 0 Å². The van der Waals surface area contributed by atoms with Crippen LogP contribution in [0.5, 0.6) is 5.75 Å². The molecule has 0 unspecified atom stereocenters. The largest absolute Gasteiger partial charge is 0.410 e. The fourth-order valence-electron chi connectivity index (χ4n) is 0.754. The molecule has 0 aliphatic carbocycles. The van der Waals surface area contributed by atoms with Gasteiger partial charge in [-0.25, -0.2) is 4.79 Å². The number of rotatable bonds is 1. The Balaban J connectivity index is 3.12. The molecule has 0 aromatic heterocycles. The van der Waals surface area contributed by atoms with Crippen molar-refractivity contribution >= 4 is 35.0 Å². The smallest absolute Gasteiger partial charge is 0.408 e. The van der Waals surface area contributed by atoms with Crippen molar-refractivity contribution in [2.45, 2.75) is 0 Å². The molecule has 0 aliphatic heterocycles. The number of benzene rings is 1. The van der Waals surface area contributed by atoms with Crippen LogP contribution in [0.4, 0.5) is 10.5 Å². The van der Waals surface area contributed by atoms with Crippen LogP contribution in [0.2, 0.25) is 10.0 Å². The summed E-state index contributed by atoms with van der Waals surface area (Å²) in [6.45, 7) is 0. The lowest BCUT2D eigenvalue weighted by atomic mass is 10.3. The van der Waals surface area contributed by atoms with E-state index in [2.05, 4.69) is 4.74 Å². The van der Waals surface area contributed by atoms with Crippen LogP contribution in [0.15, 0.2) is 12.1 Å². The number of nitrogen functional groups attached to an aromatic ring is 1. The normalized spacial score (nSPS) is 9.69. The summed E-state index contributed by atoms with van der Waals surface area (Å²) in [5.74, 6) is 0.0602. The van der Waals surface area contributed by atoms with E-state index >= 15 is 0 Å². The first-order valence-corrected chi connectivity index (χ1v) is 3.98. The predicted molar refractivity (Wildman–Crippen MR) is 51.1 cm³/mol. The molecule has 0 bridgehead atoms. The molecular weight excluding hydrogens is 215 g/mol. The zero-order chi connectivity index (χ0) is 10.0. The maximum atomic E-state index is 10.4. The summed E-state index contributed by atoms with van der Waals surface area (Å²) >= 11 is 11.3. The van der Waals surface area contributed by atoms with E-state index in [4.69, 9.17) is 34.7 Å². The Morgan fingerprint density at radius 3 is 2.54 bits per heavy atom. The summed E-state index contributed by atoms with van der Waals surface area (Å²) in [4.78, 5) is 10.4. The lowest BCUT2D eigenvalue weighted by Crippen LogP contribution is -2.17. The van der Waals surface area contributed by atoms with Crippen molar-refractivity contribution in [2.75, 3.05) is 5.73 Å². The Hall–Kier alpha value is -1.13. The third-order valence-corrected chi connectivity index (χ3v) is 1.80. The molecule has 0 heterocycles. The zero-order valence-corrected chi connectivity index (χ0v) is 7.89. The fraction of sp³-hybridized carbons (Fsp3) is 0. The van der Waals surface area contributed by atoms with Gasteiger partial charge in [0, 0.05) is 11.1 Å². The number of ether oxygens (including phenoxy) is 1. The molecule has 4 N–H and O–H groups in total. The molecule has 0 aliphatic rings. The minimum Gasteiger partial charge on any atom is -0.408 e. The van der Waals surface area contributed by atoms with Crippen LogP contribution in [-0.2, 0) is 0 Å². The lowest BCUT2D eigenvalue weighted by Gasteiger charge is -2.06. The molecule has 1 amide bonds. The van der Waals surface area contributed by atoms with Gasteiger partial charge < -0.3 is 16.2 Å². The Kier molecular flexibility index (Phi) is 2.85. The molecule has 0 saturated heterocycles. The average molecular weight is 221 g/mol. The third kappa shape index (κ3) is 2.40. The summed E-state index contributed by atoms with van der Waals surface area (Å²) < 4.78 is 4.55. The summed E-state index contributed by atoms with van der Waals surface area (Å²) in [5.41, 5.74) is 10.4. The highest BCUT2D eigenvalue weighted by atomic mass is 35.5. The number of hydrogen-bond donors (Lipinski definition) is 2. The van der Waals surface area contributed by atoms with Gasteiger partial charge in [0.05, 0.1) is 10.7 Å². The van der Waals surface area contributed by atoms with Crippen molar-refractivity contribution in [3.63, 3.8) is 0 Å². The molecule has 0 fully saturated rings. The van der Waals surface area contributed by atoms with E-state index in [-0.39, 0.29) is 16.5 Å². The minimum absolute atomic E-state index is 0.0602. The van der Waals surface area contributed by atoms with Crippen LogP contribution in [-0.4, -0.2) is 6.09 Å². The highest BCUT2D eigenvalue weighted by Crippen LogP contribution is 2.33. The van der Waals surface area contributed by atoms with E-state index in [1.165, 1.54) is 12.1 Å². The monoisotopic (exact) mass is 220 g/mol.